The first-order chi connectivity index (χ1) is 12.1. The second kappa shape index (κ2) is 7.16. The third kappa shape index (κ3) is 3.52. The van der Waals surface area contributed by atoms with Crippen LogP contribution in [-0.2, 0) is 4.79 Å². The van der Waals surface area contributed by atoms with Crippen LogP contribution in [0.2, 0.25) is 0 Å². The third-order valence-electron chi connectivity index (χ3n) is 3.85. The summed E-state index contributed by atoms with van der Waals surface area (Å²) in [6.07, 6.45) is 0.535. The summed E-state index contributed by atoms with van der Waals surface area (Å²) in [6, 6.07) is 11.2. The number of anilines is 2. The zero-order chi connectivity index (χ0) is 17.8. The van der Waals surface area contributed by atoms with Crippen LogP contribution in [0.15, 0.2) is 42.5 Å². The first-order valence-corrected chi connectivity index (χ1v) is 7.77. The van der Waals surface area contributed by atoms with Gasteiger partial charge in [-0.15, -0.1) is 0 Å². The van der Waals surface area contributed by atoms with Crippen LogP contribution >= 0.6 is 0 Å². The van der Waals surface area contributed by atoms with E-state index in [-0.39, 0.29) is 18.2 Å². The van der Waals surface area contributed by atoms with Gasteiger partial charge >= 0.3 is 5.69 Å². The van der Waals surface area contributed by atoms with Gasteiger partial charge in [0.2, 0.25) is 5.82 Å². The van der Waals surface area contributed by atoms with Crippen molar-refractivity contribution < 1.29 is 18.8 Å². The summed E-state index contributed by atoms with van der Waals surface area (Å²) in [5.41, 5.74) is 0.254. The highest BCUT2D eigenvalue weighted by Gasteiger charge is 2.24. The Kier molecular flexibility index (Phi) is 4.78. The molecule has 8 heteroatoms. The second-order valence-electron chi connectivity index (χ2n) is 5.48. The van der Waals surface area contributed by atoms with Crippen molar-refractivity contribution >= 4 is 23.0 Å². The smallest absolute Gasteiger partial charge is 0.327 e. The van der Waals surface area contributed by atoms with Crippen LogP contribution in [0.4, 0.5) is 21.5 Å². The van der Waals surface area contributed by atoms with Crippen LogP contribution in [-0.4, -0.2) is 30.5 Å². The van der Waals surface area contributed by atoms with Crippen LogP contribution < -0.4 is 15.0 Å². The highest BCUT2D eigenvalue weighted by atomic mass is 19.1. The number of benzene rings is 2. The number of nitro groups is 1. The monoisotopic (exact) mass is 345 g/mol. The first kappa shape index (κ1) is 16.7. The molecule has 7 nitrogen and oxygen atoms in total. The lowest BCUT2D eigenvalue weighted by atomic mass is 10.2. The van der Waals surface area contributed by atoms with Gasteiger partial charge in [-0.25, -0.2) is 0 Å². The summed E-state index contributed by atoms with van der Waals surface area (Å²) in [5, 5.41) is 13.8. The fourth-order valence-corrected chi connectivity index (χ4v) is 2.70. The molecule has 130 valence electrons. The molecule has 0 aromatic heterocycles. The van der Waals surface area contributed by atoms with Crippen LogP contribution in [0.1, 0.15) is 6.42 Å². The van der Waals surface area contributed by atoms with E-state index in [1.165, 1.54) is 12.1 Å². The summed E-state index contributed by atoms with van der Waals surface area (Å²) < 4.78 is 18.9. The molecular weight excluding hydrogens is 329 g/mol. The summed E-state index contributed by atoms with van der Waals surface area (Å²) in [4.78, 5) is 23.9. The molecule has 1 aliphatic heterocycles. The number of hydrogen-bond acceptors (Lipinski definition) is 5. The zero-order valence-corrected chi connectivity index (χ0v) is 13.3. The zero-order valence-electron chi connectivity index (χ0n) is 13.3. The van der Waals surface area contributed by atoms with E-state index >= 15 is 0 Å². The summed E-state index contributed by atoms with van der Waals surface area (Å²) >= 11 is 0. The van der Waals surface area contributed by atoms with Crippen LogP contribution in [0.3, 0.4) is 0 Å². The van der Waals surface area contributed by atoms with Crippen molar-refractivity contribution in [2.24, 2.45) is 0 Å². The Morgan fingerprint density at radius 3 is 2.84 bits per heavy atom. The molecule has 0 bridgehead atoms. The van der Waals surface area contributed by atoms with Crippen molar-refractivity contribution in [3.63, 3.8) is 0 Å². The number of nitro benzene ring substituents is 1. The average molecular weight is 345 g/mol. The molecule has 1 heterocycles. The molecule has 0 saturated carbocycles. The Labute approximate surface area is 143 Å². The lowest BCUT2D eigenvalue weighted by Crippen LogP contribution is -2.39. The largest absolute Gasteiger partial charge is 0.482 e. The fraction of sp³-hybridized carbons (Fsp3) is 0.235. The van der Waals surface area contributed by atoms with Gasteiger partial charge < -0.3 is 15.0 Å². The minimum absolute atomic E-state index is 0.0141. The maximum absolute atomic E-state index is 13.6. The average Bonchev–Trinajstić information content (AvgIpc) is 2.60. The number of nitrogens with zero attached hydrogens (tertiary/aromatic N) is 2. The fourth-order valence-electron chi connectivity index (χ4n) is 2.70. The maximum Gasteiger partial charge on any atom is 0.327 e. The van der Waals surface area contributed by atoms with E-state index in [1.807, 2.05) is 12.1 Å². The van der Waals surface area contributed by atoms with E-state index in [0.717, 1.165) is 6.07 Å². The molecule has 2 aromatic carbocycles. The lowest BCUT2D eigenvalue weighted by Gasteiger charge is -2.29. The number of rotatable bonds is 6. The van der Waals surface area contributed by atoms with Gasteiger partial charge in [0.1, 0.15) is 11.4 Å². The van der Waals surface area contributed by atoms with Crippen LogP contribution in [0.5, 0.6) is 5.75 Å². The van der Waals surface area contributed by atoms with Crippen molar-refractivity contribution in [2.75, 3.05) is 29.9 Å². The molecule has 1 aliphatic rings. The minimum atomic E-state index is -0.882. The van der Waals surface area contributed by atoms with Crippen molar-refractivity contribution in [1.82, 2.24) is 0 Å². The van der Waals surface area contributed by atoms with Gasteiger partial charge in [0.15, 0.2) is 6.61 Å². The Morgan fingerprint density at radius 2 is 2.04 bits per heavy atom. The Morgan fingerprint density at radius 1 is 1.24 bits per heavy atom. The number of carbonyl (C=O) groups excluding carboxylic acids is 1. The molecule has 0 saturated heterocycles. The van der Waals surface area contributed by atoms with Crippen LogP contribution in [0, 0.1) is 15.9 Å². The number of hydrogen-bond donors (Lipinski definition) is 1. The maximum atomic E-state index is 13.6. The highest BCUT2D eigenvalue weighted by Crippen LogP contribution is 2.31. The summed E-state index contributed by atoms with van der Waals surface area (Å²) in [7, 11) is 0. The van der Waals surface area contributed by atoms with Gasteiger partial charge in [-0.1, -0.05) is 18.2 Å². The minimum Gasteiger partial charge on any atom is -0.482 e. The van der Waals surface area contributed by atoms with E-state index < -0.39 is 16.4 Å². The van der Waals surface area contributed by atoms with Gasteiger partial charge in [-0.05, 0) is 30.7 Å². The van der Waals surface area contributed by atoms with E-state index in [0.29, 0.717) is 30.9 Å². The normalized spacial score (nSPS) is 13.2. The van der Waals surface area contributed by atoms with E-state index in [2.05, 4.69) is 5.32 Å². The number of fused-ring (bicyclic) bond motifs is 1. The SMILES string of the molecule is O=C1COc2ccccc2N1CCCNc1cccc(F)c1[N+](=O)[O-]. The van der Waals surface area contributed by atoms with Gasteiger partial charge in [-0.3, -0.25) is 14.9 Å². The molecule has 0 aliphatic carbocycles. The van der Waals surface area contributed by atoms with Crippen molar-refractivity contribution in [2.45, 2.75) is 6.42 Å². The lowest BCUT2D eigenvalue weighted by molar-refractivity contribution is -0.386. The number of ether oxygens (including phenoxy) is 1. The molecule has 0 fully saturated rings. The molecule has 0 unspecified atom stereocenters. The van der Waals surface area contributed by atoms with Gasteiger partial charge in [-0.2, -0.15) is 4.39 Å². The van der Waals surface area contributed by atoms with Crippen molar-refractivity contribution in [3.8, 4) is 5.75 Å². The number of para-hydroxylation sites is 3. The predicted octanol–water partition coefficient (Wildman–Crippen LogP) is 2.96. The van der Waals surface area contributed by atoms with Gasteiger partial charge in [0, 0.05) is 13.1 Å². The number of amides is 1. The van der Waals surface area contributed by atoms with Gasteiger partial charge in [0.25, 0.3) is 5.91 Å². The molecule has 0 spiro atoms. The van der Waals surface area contributed by atoms with E-state index in [1.54, 1.807) is 17.0 Å². The Bertz CT molecular complexity index is 812. The topological polar surface area (TPSA) is 84.7 Å². The molecule has 0 radical (unpaired) electrons. The summed E-state index contributed by atoms with van der Waals surface area (Å²) in [6.45, 7) is 0.770. The predicted molar refractivity (Wildman–Crippen MR) is 90.5 cm³/mol. The molecule has 25 heavy (non-hydrogen) atoms. The number of halogens is 1. The molecule has 2 aromatic rings. The van der Waals surface area contributed by atoms with E-state index in [4.69, 9.17) is 4.74 Å². The molecular formula is C17H16FN3O4. The number of nitrogens with one attached hydrogen (secondary N) is 1. The number of carbonyl (C=O) groups is 1. The second-order valence-corrected chi connectivity index (χ2v) is 5.48. The summed E-state index contributed by atoms with van der Waals surface area (Å²) in [5.74, 6) is -0.376. The Balaban J connectivity index is 1.62. The van der Waals surface area contributed by atoms with E-state index in [9.17, 15) is 19.3 Å². The quantitative estimate of drug-likeness (QED) is 0.494. The molecule has 0 atom stereocenters. The van der Waals surface area contributed by atoms with Crippen molar-refractivity contribution in [3.05, 3.63) is 58.4 Å². The Hall–Kier alpha value is -3.16. The van der Waals surface area contributed by atoms with Crippen molar-refractivity contribution in [1.29, 1.82) is 0 Å². The first-order valence-electron chi connectivity index (χ1n) is 7.77. The van der Waals surface area contributed by atoms with Crippen LogP contribution in [0.25, 0.3) is 0 Å². The standard InChI is InChI=1S/C17H16FN3O4/c18-12-5-3-6-13(17(12)21(23)24)19-9-4-10-20-14-7-1-2-8-15(14)25-11-16(20)22/h1-3,5-8,19H,4,9-11H2. The third-order valence-corrected chi connectivity index (χ3v) is 3.85. The molecule has 1 N–H and O–H groups in total. The highest BCUT2D eigenvalue weighted by molar-refractivity contribution is 5.97. The molecule has 1 amide bonds. The molecule has 3 rings (SSSR count). The van der Waals surface area contributed by atoms with Gasteiger partial charge in [0.05, 0.1) is 10.6 Å².